The van der Waals surface area contributed by atoms with E-state index in [9.17, 15) is 4.79 Å². The Bertz CT molecular complexity index is 328. The number of carbonyl (C=O) groups excluding carboxylic acids is 1. The smallest absolute Gasteiger partial charge is 0.339 e. The van der Waals surface area contributed by atoms with Crippen LogP contribution in [0.1, 0.15) is 13.8 Å². The van der Waals surface area contributed by atoms with Gasteiger partial charge in [0.15, 0.2) is 0 Å². The Balaban J connectivity index is 2.40. The quantitative estimate of drug-likeness (QED) is 0.328. The molecule has 0 saturated carbocycles. The van der Waals surface area contributed by atoms with Crippen molar-refractivity contribution in [2.45, 2.75) is 20.0 Å². The van der Waals surface area contributed by atoms with E-state index in [0.717, 1.165) is 0 Å². The third kappa shape index (κ3) is 4.86. The molecule has 0 saturated heterocycles. The summed E-state index contributed by atoms with van der Waals surface area (Å²) >= 11 is 0. The predicted molar refractivity (Wildman–Crippen MR) is 57.4 cm³/mol. The van der Waals surface area contributed by atoms with Gasteiger partial charge in [0.05, 0.1) is 18.4 Å². The average molecular weight is 206 g/mol. The van der Waals surface area contributed by atoms with Crippen LogP contribution in [0.2, 0.25) is 0 Å². The van der Waals surface area contributed by atoms with Gasteiger partial charge in [0.2, 0.25) is 0 Å². The van der Waals surface area contributed by atoms with Crippen molar-refractivity contribution < 1.29 is 14.3 Å². The first-order valence-electron chi connectivity index (χ1n) is 4.77. The summed E-state index contributed by atoms with van der Waals surface area (Å²) in [4.78, 5) is 11.2. The van der Waals surface area contributed by atoms with Gasteiger partial charge in [0.25, 0.3) is 0 Å². The molecule has 1 aromatic rings. The van der Waals surface area contributed by atoms with E-state index in [1.54, 1.807) is 24.3 Å². The normalized spacial score (nSPS) is 10.6. The van der Waals surface area contributed by atoms with Crippen LogP contribution in [0.5, 0.6) is 5.75 Å². The van der Waals surface area contributed by atoms with E-state index in [0.29, 0.717) is 5.75 Å². The number of esters is 1. The molecule has 3 nitrogen and oxygen atoms in total. The Morgan fingerprint density at radius 1 is 1.27 bits per heavy atom. The van der Waals surface area contributed by atoms with Crippen LogP contribution in [0.4, 0.5) is 0 Å². The fraction of sp³-hybridized carbons (Fsp3) is 0.250. The number of benzene rings is 1. The molecule has 0 unspecified atom stereocenters. The van der Waals surface area contributed by atoms with Crippen LogP contribution in [0.15, 0.2) is 42.7 Å². The first-order valence-corrected chi connectivity index (χ1v) is 4.77. The van der Waals surface area contributed by atoms with Gasteiger partial charge in [-0.1, -0.05) is 18.2 Å². The van der Waals surface area contributed by atoms with Crippen LogP contribution in [0.3, 0.4) is 0 Å². The van der Waals surface area contributed by atoms with E-state index in [4.69, 9.17) is 9.47 Å². The molecule has 0 heterocycles. The molecule has 0 amide bonds. The largest absolute Gasteiger partial charge is 0.498 e. The molecule has 3 heteroatoms. The summed E-state index contributed by atoms with van der Waals surface area (Å²) in [6, 6.07) is 8.90. The van der Waals surface area contributed by atoms with Crippen LogP contribution >= 0.6 is 0 Å². The lowest BCUT2D eigenvalue weighted by molar-refractivity contribution is -0.129. The van der Waals surface area contributed by atoms with Gasteiger partial charge in [-0.05, 0) is 26.0 Å². The Kier molecular flexibility index (Phi) is 4.41. The highest BCUT2D eigenvalue weighted by Crippen LogP contribution is 2.08. The zero-order valence-electron chi connectivity index (χ0n) is 8.84. The average Bonchev–Trinajstić information content (AvgIpc) is 2.18. The van der Waals surface area contributed by atoms with Gasteiger partial charge in [0, 0.05) is 0 Å². The Hall–Kier alpha value is -1.77. The molecule has 0 spiro atoms. The molecular weight excluding hydrogens is 192 g/mol. The summed E-state index contributed by atoms with van der Waals surface area (Å²) in [5, 5.41) is 0. The minimum Gasteiger partial charge on any atom is -0.498 e. The lowest BCUT2D eigenvalue weighted by Crippen LogP contribution is -2.04. The fourth-order valence-electron chi connectivity index (χ4n) is 0.891. The van der Waals surface area contributed by atoms with Crippen molar-refractivity contribution in [3.8, 4) is 5.75 Å². The number of rotatable bonds is 4. The standard InChI is InChI=1S/C12H14O3/c1-10(2)14-9-8-12(13)15-11-6-4-3-5-7-11/h3-10H,1-2H3/b9-8+. The predicted octanol–water partition coefficient (Wildman–Crippen LogP) is 2.53. The third-order valence-corrected chi connectivity index (χ3v) is 1.52. The molecule has 0 atom stereocenters. The van der Waals surface area contributed by atoms with Crippen LogP contribution in [0.25, 0.3) is 0 Å². The van der Waals surface area contributed by atoms with E-state index in [1.165, 1.54) is 12.3 Å². The van der Waals surface area contributed by atoms with Crippen molar-refractivity contribution in [1.29, 1.82) is 0 Å². The first-order chi connectivity index (χ1) is 7.18. The second-order valence-electron chi connectivity index (χ2n) is 3.22. The van der Waals surface area contributed by atoms with Crippen molar-refractivity contribution in [2.75, 3.05) is 0 Å². The maximum absolute atomic E-state index is 11.2. The van der Waals surface area contributed by atoms with Gasteiger partial charge >= 0.3 is 5.97 Å². The van der Waals surface area contributed by atoms with Gasteiger partial charge < -0.3 is 9.47 Å². The molecule has 0 aliphatic rings. The minimum absolute atomic E-state index is 0.0609. The van der Waals surface area contributed by atoms with Gasteiger partial charge in [0.1, 0.15) is 5.75 Å². The SMILES string of the molecule is CC(C)O/C=C/C(=O)Oc1ccccc1. The Morgan fingerprint density at radius 3 is 2.53 bits per heavy atom. The Morgan fingerprint density at radius 2 is 1.93 bits per heavy atom. The second kappa shape index (κ2) is 5.86. The van der Waals surface area contributed by atoms with Crippen LogP contribution in [0, 0.1) is 0 Å². The second-order valence-corrected chi connectivity index (χ2v) is 3.22. The van der Waals surface area contributed by atoms with Crippen molar-refractivity contribution >= 4 is 5.97 Å². The molecule has 0 aromatic heterocycles. The maximum Gasteiger partial charge on any atom is 0.339 e. The number of para-hydroxylation sites is 1. The lowest BCUT2D eigenvalue weighted by atomic mass is 10.3. The summed E-state index contributed by atoms with van der Waals surface area (Å²) in [6.45, 7) is 3.76. The van der Waals surface area contributed by atoms with E-state index in [-0.39, 0.29) is 6.10 Å². The molecular formula is C12H14O3. The summed E-state index contributed by atoms with van der Waals surface area (Å²) in [6.07, 6.45) is 2.66. The summed E-state index contributed by atoms with van der Waals surface area (Å²) < 4.78 is 10.1. The monoisotopic (exact) mass is 206 g/mol. The van der Waals surface area contributed by atoms with Gasteiger partial charge in [-0.2, -0.15) is 0 Å². The number of ether oxygens (including phenoxy) is 2. The van der Waals surface area contributed by atoms with Crippen molar-refractivity contribution in [3.05, 3.63) is 42.7 Å². The lowest BCUT2D eigenvalue weighted by Gasteiger charge is -2.03. The summed E-state index contributed by atoms with van der Waals surface area (Å²) in [5.41, 5.74) is 0. The van der Waals surface area contributed by atoms with Gasteiger partial charge in [-0.25, -0.2) is 4.79 Å². The molecule has 0 aliphatic carbocycles. The maximum atomic E-state index is 11.2. The molecule has 1 rings (SSSR count). The molecule has 1 aromatic carbocycles. The number of carbonyl (C=O) groups is 1. The molecule has 0 aliphatic heterocycles. The molecule has 80 valence electrons. The zero-order valence-corrected chi connectivity index (χ0v) is 8.84. The summed E-state index contributed by atoms with van der Waals surface area (Å²) in [5.74, 6) is 0.0820. The Labute approximate surface area is 89.3 Å². The third-order valence-electron chi connectivity index (χ3n) is 1.52. The molecule has 15 heavy (non-hydrogen) atoms. The van der Waals surface area contributed by atoms with Gasteiger partial charge in [-0.15, -0.1) is 0 Å². The first kappa shape index (κ1) is 11.3. The molecule has 0 fully saturated rings. The highest BCUT2D eigenvalue weighted by molar-refractivity contribution is 5.83. The van der Waals surface area contributed by atoms with E-state index < -0.39 is 5.97 Å². The fourth-order valence-corrected chi connectivity index (χ4v) is 0.891. The number of hydrogen-bond acceptors (Lipinski definition) is 3. The zero-order chi connectivity index (χ0) is 11.1. The molecule has 0 N–H and O–H groups in total. The van der Waals surface area contributed by atoms with E-state index in [2.05, 4.69) is 0 Å². The molecule has 0 bridgehead atoms. The summed E-state index contributed by atoms with van der Waals surface area (Å²) in [7, 11) is 0. The topological polar surface area (TPSA) is 35.5 Å². The molecule has 0 radical (unpaired) electrons. The van der Waals surface area contributed by atoms with Crippen LogP contribution < -0.4 is 4.74 Å². The van der Waals surface area contributed by atoms with Crippen molar-refractivity contribution in [2.24, 2.45) is 0 Å². The van der Waals surface area contributed by atoms with E-state index in [1.807, 2.05) is 19.9 Å². The van der Waals surface area contributed by atoms with E-state index >= 15 is 0 Å². The van der Waals surface area contributed by atoms with Crippen LogP contribution in [-0.4, -0.2) is 12.1 Å². The van der Waals surface area contributed by atoms with Crippen LogP contribution in [-0.2, 0) is 9.53 Å². The van der Waals surface area contributed by atoms with Crippen molar-refractivity contribution in [1.82, 2.24) is 0 Å². The highest BCUT2D eigenvalue weighted by atomic mass is 16.5. The number of hydrogen-bond donors (Lipinski definition) is 0. The highest BCUT2D eigenvalue weighted by Gasteiger charge is 1.98. The van der Waals surface area contributed by atoms with Gasteiger partial charge in [-0.3, -0.25) is 0 Å². The minimum atomic E-state index is -0.443. The van der Waals surface area contributed by atoms with Crippen molar-refractivity contribution in [3.63, 3.8) is 0 Å².